The minimum atomic E-state index is -1.44. The maximum Gasteiger partial charge on any atom is 0.509 e. The fraction of sp³-hybridized carbons (Fsp3) is 0.452. The van der Waals surface area contributed by atoms with Gasteiger partial charge >= 0.3 is 12.1 Å². The van der Waals surface area contributed by atoms with Crippen molar-refractivity contribution in [3.63, 3.8) is 0 Å². The van der Waals surface area contributed by atoms with Gasteiger partial charge in [0, 0.05) is 6.92 Å². The number of esters is 1. The number of halogens is 1. The van der Waals surface area contributed by atoms with Gasteiger partial charge in [-0.05, 0) is 43.2 Å². The molecule has 0 saturated carbocycles. The highest BCUT2D eigenvalue weighted by Gasteiger charge is 2.35. The predicted octanol–water partition coefficient (Wildman–Crippen LogP) is 3.62. The van der Waals surface area contributed by atoms with Gasteiger partial charge in [-0.1, -0.05) is 86.1 Å². The topological polar surface area (TPSA) is 149 Å². The van der Waals surface area contributed by atoms with Crippen LogP contribution in [0.25, 0.3) is 0 Å². The van der Waals surface area contributed by atoms with E-state index in [1.165, 1.54) is 13.8 Å². The summed E-state index contributed by atoms with van der Waals surface area (Å²) >= 11 is 5.43. The Balaban J connectivity index is 2.20. The number of hydrogen-bond donors (Lipinski definition) is 3. The maximum atomic E-state index is 13.5. The van der Waals surface area contributed by atoms with Crippen molar-refractivity contribution >= 4 is 41.4 Å². The van der Waals surface area contributed by atoms with Crippen LogP contribution in [0.3, 0.4) is 0 Å². The predicted molar refractivity (Wildman–Crippen MR) is 160 cm³/mol. The lowest BCUT2D eigenvalue weighted by Crippen LogP contribution is -2.58. The monoisotopic (exact) mass is 617 g/mol. The quantitative estimate of drug-likeness (QED) is 0.191. The zero-order valence-electron chi connectivity index (χ0n) is 24.8. The van der Waals surface area contributed by atoms with Gasteiger partial charge in [0.25, 0.3) is 0 Å². The zero-order valence-corrected chi connectivity index (χ0v) is 25.6. The van der Waals surface area contributed by atoms with E-state index in [1.807, 2.05) is 50.2 Å². The van der Waals surface area contributed by atoms with Gasteiger partial charge in [-0.25, -0.2) is 9.59 Å². The molecule has 0 aliphatic heterocycles. The smallest absolute Gasteiger partial charge is 0.459 e. The number of ether oxygens (including phenoxy) is 3. The summed E-state index contributed by atoms with van der Waals surface area (Å²) in [4.78, 5) is 63.8. The largest absolute Gasteiger partial charge is 0.509 e. The van der Waals surface area contributed by atoms with Crippen molar-refractivity contribution in [3.8, 4) is 0 Å². The van der Waals surface area contributed by atoms with Crippen LogP contribution in [0.4, 0.5) is 4.79 Å². The van der Waals surface area contributed by atoms with Gasteiger partial charge in [0.1, 0.15) is 24.8 Å². The number of carbonyl (C=O) groups excluding carboxylic acids is 5. The van der Waals surface area contributed by atoms with E-state index in [2.05, 4.69) is 20.7 Å². The molecule has 0 radical (unpaired) electrons. The maximum absolute atomic E-state index is 13.5. The fourth-order valence-electron chi connectivity index (χ4n) is 4.18. The molecule has 2 rings (SSSR count). The van der Waals surface area contributed by atoms with E-state index >= 15 is 0 Å². The van der Waals surface area contributed by atoms with Crippen molar-refractivity contribution < 1.29 is 38.2 Å². The Labute approximate surface area is 257 Å². The second-order valence-corrected chi connectivity index (χ2v) is 10.6. The molecule has 0 heterocycles. The molecule has 12 heteroatoms. The summed E-state index contributed by atoms with van der Waals surface area (Å²) in [5, 5.41) is 7.94. The summed E-state index contributed by atoms with van der Waals surface area (Å²) < 4.78 is 15.1. The van der Waals surface area contributed by atoms with Crippen molar-refractivity contribution in [2.75, 3.05) is 6.07 Å². The van der Waals surface area contributed by atoms with Crippen molar-refractivity contribution in [2.45, 2.75) is 77.8 Å². The number of hydrogen-bond acceptors (Lipinski definition) is 8. The van der Waals surface area contributed by atoms with Crippen molar-refractivity contribution in [1.82, 2.24) is 16.0 Å². The second kappa shape index (κ2) is 18.4. The van der Waals surface area contributed by atoms with E-state index in [0.29, 0.717) is 18.4 Å². The Bertz CT molecular complexity index is 1200. The first kappa shape index (κ1) is 35.1. The summed E-state index contributed by atoms with van der Waals surface area (Å²) in [6.45, 7) is 6.34. The first-order chi connectivity index (χ1) is 20.5. The molecule has 0 aromatic heterocycles. The van der Waals surface area contributed by atoms with E-state index in [0.717, 1.165) is 5.56 Å². The third kappa shape index (κ3) is 13.2. The van der Waals surface area contributed by atoms with Crippen LogP contribution in [0.1, 0.15) is 51.7 Å². The summed E-state index contributed by atoms with van der Waals surface area (Å²) in [7, 11) is 0. The second-order valence-electron chi connectivity index (χ2n) is 10.4. The number of aryl methyl sites for hydroxylation is 1. The van der Waals surface area contributed by atoms with E-state index < -0.39 is 60.1 Å². The molecule has 43 heavy (non-hydrogen) atoms. The molecular formula is C31H40ClN3O8. The van der Waals surface area contributed by atoms with Gasteiger partial charge in [-0.3, -0.25) is 14.4 Å². The van der Waals surface area contributed by atoms with E-state index in [1.54, 1.807) is 24.3 Å². The van der Waals surface area contributed by atoms with Crippen LogP contribution in [-0.4, -0.2) is 60.1 Å². The Kier molecular flexibility index (Phi) is 15.0. The fourth-order valence-corrected chi connectivity index (χ4v) is 4.27. The van der Waals surface area contributed by atoms with E-state index in [4.69, 9.17) is 21.1 Å². The van der Waals surface area contributed by atoms with Crippen molar-refractivity contribution in [2.24, 2.45) is 5.92 Å². The first-order valence-corrected chi connectivity index (χ1v) is 14.5. The Morgan fingerprint density at radius 1 is 0.767 bits per heavy atom. The minimum absolute atomic E-state index is 0.0320. The van der Waals surface area contributed by atoms with Gasteiger partial charge in [-0.15, -0.1) is 0 Å². The van der Waals surface area contributed by atoms with Crippen LogP contribution < -0.4 is 16.0 Å². The molecule has 3 N–H and O–H groups in total. The third-order valence-electron chi connectivity index (χ3n) is 6.30. The summed E-state index contributed by atoms with van der Waals surface area (Å²) in [5.74, 6) is -2.54. The molecule has 0 aliphatic rings. The Hall–Kier alpha value is -4.12. The van der Waals surface area contributed by atoms with Crippen molar-refractivity contribution in [3.05, 3.63) is 71.8 Å². The number of alkyl halides is 1. The molecule has 0 bridgehead atoms. The lowest BCUT2D eigenvalue weighted by atomic mass is 10.0. The summed E-state index contributed by atoms with van der Waals surface area (Å²) in [6.07, 6.45) is -1.31. The number of benzene rings is 2. The van der Waals surface area contributed by atoms with E-state index in [9.17, 15) is 24.0 Å². The van der Waals surface area contributed by atoms with Gasteiger partial charge < -0.3 is 30.2 Å². The van der Waals surface area contributed by atoms with Crippen molar-refractivity contribution in [1.29, 1.82) is 0 Å². The lowest BCUT2D eigenvalue weighted by Gasteiger charge is -2.28. The highest BCUT2D eigenvalue weighted by Crippen LogP contribution is 2.12. The van der Waals surface area contributed by atoms with Gasteiger partial charge in [0.15, 0.2) is 12.1 Å². The molecule has 2 aromatic rings. The molecule has 0 fully saturated rings. The summed E-state index contributed by atoms with van der Waals surface area (Å²) in [5.41, 5.74) is 1.70. The van der Waals surface area contributed by atoms with Crippen LogP contribution in [0.5, 0.6) is 0 Å². The van der Waals surface area contributed by atoms with Crippen LogP contribution in [-0.2, 0) is 46.4 Å². The Morgan fingerprint density at radius 2 is 1.35 bits per heavy atom. The van der Waals surface area contributed by atoms with Crippen LogP contribution in [0.2, 0.25) is 0 Å². The molecule has 234 valence electrons. The molecule has 0 spiro atoms. The van der Waals surface area contributed by atoms with Crippen LogP contribution in [0, 0.1) is 5.92 Å². The highest BCUT2D eigenvalue weighted by molar-refractivity contribution is 6.17. The van der Waals surface area contributed by atoms with Crippen LogP contribution in [0.15, 0.2) is 60.7 Å². The van der Waals surface area contributed by atoms with Gasteiger partial charge in [-0.2, -0.15) is 0 Å². The molecular weight excluding hydrogens is 578 g/mol. The number of rotatable bonds is 16. The number of carbonyl (C=O) groups is 5. The third-order valence-corrected chi connectivity index (χ3v) is 6.41. The molecule has 0 aliphatic carbocycles. The molecule has 3 amide bonds. The molecule has 11 nitrogen and oxygen atoms in total. The highest BCUT2D eigenvalue weighted by atomic mass is 35.5. The zero-order chi connectivity index (χ0) is 31.8. The van der Waals surface area contributed by atoms with Gasteiger partial charge in [0.05, 0.1) is 0 Å². The number of nitrogens with one attached hydrogen (secondary N) is 3. The Morgan fingerprint density at radius 3 is 1.91 bits per heavy atom. The van der Waals surface area contributed by atoms with Crippen LogP contribution >= 0.6 is 11.6 Å². The molecule has 0 unspecified atom stereocenters. The first-order valence-electron chi connectivity index (χ1n) is 14.0. The lowest BCUT2D eigenvalue weighted by molar-refractivity contribution is -0.152. The SMILES string of the molecule is CC(=O)N[C@@H](CCc1ccccc1)C(=O)N[C@@H](CC(C)C)C(=O)N[C@H](C(=O)OCc1ccccc1)[C@@H](C)OC(=O)OCCl. The normalized spacial score (nSPS) is 13.5. The van der Waals surface area contributed by atoms with Gasteiger partial charge in [0.2, 0.25) is 17.7 Å². The average molecular weight is 618 g/mol. The number of amides is 3. The molecule has 2 aromatic carbocycles. The van der Waals surface area contributed by atoms with E-state index in [-0.39, 0.29) is 18.9 Å². The summed E-state index contributed by atoms with van der Waals surface area (Å²) in [6, 6.07) is 14.5. The average Bonchev–Trinajstić information content (AvgIpc) is 2.96. The molecule has 4 atom stereocenters. The minimum Gasteiger partial charge on any atom is -0.459 e. The standard InChI is InChI=1S/C31H40ClN3O8/c1-20(2)17-26(34-28(37)25(33-22(4)36)16-15-23-11-7-5-8-12-23)29(38)35-27(21(3)43-31(40)42-19-32)30(39)41-18-24-13-9-6-10-14-24/h5-14,20-21,25-27H,15-19H2,1-4H3,(H,33,36)(H,34,37)(H,35,38)/t21-,25+,26+,27+/m1/s1. The molecule has 0 saturated heterocycles.